The minimum atomic E-state index is -0.562. The second kappa shape index (κ2) is 5.38. The first-order chi connectivity index (χ1) is 8.01. The molecule has 0 saturated carbocycles. The maximum Gasteiger partial charge on any atom is 0.341 e. The van der Waals surface area contributed by atoms with Gasteiger partial charge in [0.1, 0.15) is 13.4 Å². The van der Waals surface area contributed by atoms with Gasteiger partial charge < -0.3 is 14.8 Å². The zero-order valence-corrected chi connectivity index (χ0v) is 9.87. The van der Waals surface area contributed by atoms with Crippen LogP contribution in [0.1, 0.15) is 17.3 Å². The van der Waals surface area contributed by atoms with Crippen molar-refractivity contribution in [2.45, 2.75) is 6.92 Å². The van der Waals surface area contributed by atoms with Crippen molar-refractivity contribution in [2.75, 3.05) is 19.5 Å². The van der Waals surface area contributed by atoms with E-state index in [0.717, 1.165) is 0 Å². The van der Waals surface area contributed by atoms with Gasteiger partial charge in [-0.15, -0.1) is 0 Å². The monoisotopic (exact) mass is 233 g/mol. The quantitative estimate of drug-likeness (QED) is 0.599. The number of hydrogen-bond acceptors (Lipinski definition) is 4. The Balaban J connectivity index is 3.35. The molecule has 17 heavy (non-hydrogen) atoms. The van der Waals surface area contributed by atoms with Crippen molar-refractivity contribution in [3.63, 3.8) is 0 Å². The summed E-state index contributed by atoms with van der Waals surface area (Å²) in [5, 5.41) is 2.52. The number of carbonyl (C=O) groups is 2. The molecular weight excluding hydrogens is 221 g/mol. The van der Waals surface area contributed by atoms with E-state index < -0.39 is 5.97 Å². The van der Waals surface area contributed by atoms with Crippen molar-refractivity contribution in [3.05, 3.63) is 17.7 Å². The van der Waals surface area contributed by atoms with E-state index in [1.807, 2.05) is 0 Å². The Bertz CT molecular complexity index is 459. The molecule has 6 heteroatoms. The van der Waals surface area contributed by atoms with Crippen LogP contribution in [0.4, 0.5) is 5.69 Å². The van der Waals surface area contributed by atoms with Gasteiger partial charge in [0, 0.05) is 6.92 Å². The predicted octanol–water partition coefficient (Wildman–Crippen LogP) is 0.234. The topological polar surface area (TPSA) is 64.6 Å². The van der Waals surface area contributed by atoms with E-state index in [4.69, 9.17) is 12.6 Å². The van der Waals surface area contributed by atoms with Crippen LogP contribution in [0.5, 0.6) is 5.75 Å². The summed E-state index contributed by atoms with van der Waals surface area (Å²) >= 11 is 0. The van der Waals surface area contributed by atoms with E-state index in [1.165, 1.54) is 33.3 Å². The molecule has 0 fully saturated rings. The number of esters is 1. The van der Waals surface area contributed by atoms with Gasteiger partial charge >= 0.3 is 5.97 Å². The molecule has 0 heterocycles. The molecule has 0 bridgehead atoms. The summed E-state index contributed by atoms with van der Waals surface area (Å²) in [7, 11) is 8.35. The number of anilines is 1. The van der Waals surface area contributed by atoms with Crippen molar-refractivity contribution < 1.29 is 19.1 Å². The Hall–Kier alpha value is -1.98. The zero-order valence-electron chi connectivity index (χ0n) is 9.87. The lowest BCUT2D eigenvalue weighted by Crippen LogP contribution is -2.19. The number of carbonyl (C=O) groups excluding carboxylic acids is 2. The molecule has 1 aromatic carbocycles. The van der Waals surface area contributed by atoms with Crippen LogP contribution in [0.2, 0.25) is 0 Å². The van der Waals surface area contributed by atoms with Crippen LogP contribution in [-0.2, 0) is 9.53 Å². The highest BCUT2D eigenvalue weighted by molar-refractivity contribution is 6.37. The molecule has 1 rings (SSSR count). The van der Waals surface area contributed by atoms with Gasteiger partial charge in [0.05, 0.1) is 19.9 Å². The van der Waals surface area contributed by atoms with Gasteiger partial charge in [-0.25, -0.2) is 4.79 Å². The fourth-order valence-electron chi connectivity index (χ4n) is 1.39. The second-order valence-electron chi connectivity index (χ2n) is 3.28. The number of nitrogens with one attached hydrogen (secondary N) is 1. The van der Waals surface area contributed by atoms with Crippen LogP contribution < -0.4 is 15.5 Å². The summed E-state index contributed by atoms with van der Waals surface area (Å²) in [6.07, 6.45) is 0. The molecule has 0 aromatic heterocycles. The lowest BCUT2D eigenvalue weighted by molar-refractivity contribution is -0.114. The van der Waals surface area contributed by atoms with E-state index in [1.54, 1.807) is 0 Å². The Kier molecular flexibility index (Phi) is 4.14. The first-order valence-electron chi connectivity index (χ1n) is 4.83. The summed E-state index contributed by atoms with van der Waals surface area (Å²) in [5.74, 6) is -0.683. The highest BCUT2D eigenvalue weighted by atomic mass is 16.5. The molecule has 5 nitrogen and oxygen atoms in total. The third kappa shape index (κ3) is 2.78. The lowest BCUT2D eigenvalue weighted by atomic mass is 9.91. The number of benzene rings is 1. The highest BCUT2D eigenvalue weighted by Gasteiger charge is 2.18. The second-order valence-corrected chi connectivity index (χ2v) is 3.28. The molecule has 0 spiro atoms. The van der Waals surface area contributed by atoms with Crippen molar-refractivity contribution in [1.29, 1.82) is 0 Å². The van der Waals surface area contributed by atoms with Crippen LogP contribution >= 0.6 is 0 Å². The lowest BCUT2D eigenvalue weighted by Gasteiger charge is -2.15. The van der Waals surface area contributed by atoms with E-state index >= 15 is 0 Å². The summed E-state index contributed by atoms with van der Waals surface area (Å²) in [4.78, 5) is 22.5. The first-order valence-corrected chi connectivity index (χ1v) is 4.83. The molecule has 0 aliphatic carbocycles. The average molecular weight is 233 g/mol. The van der Waals surface area contributed by atoms with Crippen LogP contribution in [0, 0.1) is 0 Å². The molecule has 1 aromatic rings. The first kappa shape index (κ1) is 13.1. The SMILES string of the molecule is [B]c1ccc(C(=O)OC)c(OC)c1NC(C)=O. The molecule has 0 saturated heterocycles. The standard InChI is InChI=1S/C11H12BNO4/c1-6(14)13-9-8(12)5-4-7(10(9)16-2)11(15)17-3/h4-5H,1-3H3,(H,13,14). The summed E-state index contributed by atoms with van der Waals surface area (Å²) in [6.45, 7) is 1.34. The summed E-state index contributed by atoms with van der Waals surface area (Å²) in [6, 6.07) is 2.98. The Morgan fingerprint density at radius 2 is 1.94 bits per heavy atom. The average Bonchev–Trinajstić information content (AvgIpc) is 2.30. The van der Waals surface area contributed by atoms with E-state index in [9.17, 15) is 9.59 Å². The number of methoxy groups -OCH3 is 2. The molecule has 0 atom stereocenters. The Labute approximate surface area is 101 Å². The molecule has 0 aliphatic rings. The minimum absolute atomic E-state index is 0.187. The van der Waals surface area contributed by atoms with Gasteiger partial charge in [-0.05, 0) is 6.07 Å². The van der Waals surface area contributed by atoms with Gasteiger partial charge in [0.15, 0.2) is 5.75 Å². The highest BCUT2D eigenvalue weighted by Crippen LogP contribution is 2.27. The van der Waals surface area contributed by atoms with E-state index in [2.05, 4.69) is 10.1 Å². The minimum Gasteiger partial charge on any atom is -0.494 e. The van der Waals surface area contributed by atoms with Gasteiger partial charge in [0.2, 0.25) is 5.91 Å². The third-order valence-corrected chi connectivity index (χ3v) is 2.10. The van der Waals surface area contributed by atoms with Crippen molar-refractivity contribution in [2.24, 2.45) is 0 Å². The molecule has 88 valence electrons. The molecule has 0 unspecified atom stereocenters. The number of rotatable bonds is 3. The van der Waals surface area contributed by atoms with Gasteiger partial charge in [-0.3, -0.25) is 4.79 Å². The number of amides is 1. The molecule has 1 N–H and O–H groups in total. The summed E-state index contributed by atoms with van der Waals surface area (Å²) in [5.41, 5.74) is 0.778. The van der Waals surface area contributed by atoms with Gasteiger partial charge in [-0.2, -0.15) is 0 Å². The maximum atomic E-state index is 11.5. The van der Waals surface area contributed by atoms with Crippen LogP contribution in [0.3, 0.4) is 0 Å². The molecule has 0 aliphatic heterocycles. The van der Waals surface area contributed by atoms with Crippen LogP contribution in [-0.4, -0.2) is 33.9 Å². The molecular formula is C11H12BNO4. The largest absolute Gasteiger partial charge is 0.494 e. The Morgan fingerprint density at radius 1 is 1.29 bits per heavy atom. The third-order valence-electron chi connectivity index (χ3n) is 2.10. The Morgan fingerprint density at radius 3 is 2.41 bits per heavy atom. The van der Waals surface area contributed by atoms with Crippen molar-refractivity contribution >= 4 is 30.9 Å². The normalized spacial score (nSPS) is 9.59. The van der Waals surface area contributed by atoms with Crippen LogP contribution in [0.25, 0.3) is 0 Å². The molecule has 2 radical (unpaired) electrons. The van der Waals surface area contributed by atoms with Crippen molar-refractivity contribution in [1.82, 2.24) is 0 Å². The van der Waals surface area contributed by atoms with Crippen LogP contribution in [0.15, 0.2) is 12.1 Å². The summed E-state index contributed by atoms with van der Waals surface area (Å²) < 4.78 is 9.69. The smallest absolute Gasteiger partial charge is 0.341 e. The molecule has 1 amide bonds. The zero-order chi connectivity index (χ0) is 13.0. The van der Waals surface area contributed by atoms with E-state index in [-0.39, 0.29) is 22.9 Å². The number of hydrogen-bond donors (Lipinski definition) is 1. The van der Waals surface area contributed by atoms with Crippen molar-refractivity contribution in [3.8, 4) is 5.75 Å². The number of ether oxygens (including phenoxy) is 2. The van der Waals surface area contributed by atoms with Gasteiger partial charge in [0.25, 0.3) is 0 Å². The van der Waals surface area contributed by atoms with E-state index in [0.29, 0.717) is 5.46 Å². The predicted molar refractivity (Wildman–Crippen MR) is 64.0 cm³/mol. The maximum absolute atomic E-state index is 11.5. The fourth-order valence-corrected chi connectivity index (χ4v) is 1.39. The van der Waals surface area contributed by atoms with Gasteiger partial charge in [-0.1, -0.05) is 11.5 Å². The fraction of sp³-hybridized carbons (Fsp3) is 0.273.